The Morgan fingerprint density at radius 1 is 0.312 bits per heavy atom. The molecule has 2 nitrogen and oxygen atoms in total. The van der Waals surface area contributed by atoms with Crippen LogP contribution in [0.3, 0.4) is 0 Å². The zero-order valence-corrected chi connectivity index (χ0v) is 49.0. The Bertz CT molecular complexity index is 3700. The van der Waals surface area contributed by atoms with Gasteiger partial charge < -0.3 is 9.80 Å². The van der Waals surface area contributed by atoms with Crippen molar-refractivity contribution in [2.75, 3.05) is 9.80 Å². The van der Waals surface area contributed by atoms with Crippen LogP contribution in [-0.2, 0) is 16.2 Å². The molecule has 0 radical (unpaired) electrons. The van der Waals surface area contributed by atoms with Gasteiger partial charge in [0.25, 0.3) is 0 Å². The van der Waals surface area contributed by atoms with Crippen molar-refractivity contribution < 1.29 is 0 Å². The number of benzene rings is 10. The highest BCUT2D eigenvalue weighted by Crippen LogP contribution is 2.67. The molecule has 10 aromatic carbocycles. The molecule has 0 N–H and O–H groups in total. The SMILES string of the molecule is CC(C)(C)c1ccc(N(c2ccc([Si](C)(C)C)cc2)c2ccc3c(c2)C2(c4cc(N(c5ccc(C(C)(C)C)cc5)c5ccc([Si](C)(C)C)cc5)ccc4-3)c3ccccc3-c3c2cc2c4c(cccc34)-c3ccccc3-2)cc1. The normalized spacial score (nSPS) is 13.8. The molecule has 0 heterocycles. The first-order valence-corrected chi connectivity index (χ1v) is 34.8. The van der Waals surface area contributed by atoms with Crippen molar-refractivity contribution in [3.05, 3.63) is 240 Å². The molecular formula is C73H70N2Si2. The minimum absolute atomic E-state index is 0.0326. The van der Waals surface area contributed by atoms with Crippen LogP contribution < -0.4 is 20.2 Å². The second-order valence-electron chi connectivity index (χ2n) is 26.2. The predicted octanol–water partition coefficient (Wildman–Crippen LogP) is 19.5. The molecule has 1 spiro atoms. The van der Waals surface area contributed by atoms with Gasteiger partial charge in [0, 0.05) is 34.1 Å². The van der Waals surface area contributed by atoms with Crippen molar-refractivity contribution in [3.8, 4) is 44.5 Å². The summed E-state index contributed by atoms with van der Waals surface area (Å²) in [5.74, 6) is 0. The number of nitrogens with zero attached hydrogens (tertiary/aromatic N) is 2. The van der Waals surface area contributed by atoms with Gasteiger partial charge in [0.05, 0.1) is 21.6 Å². The quantitative estimate of drug-likeness (QED) is 0.140. The Morgan fingerprint density at radius 2 is 0.701 bits per heavy atom. The highest BCUT2D eigenvalue weighted by molar-refractivity contribution is 6.89. The standard InChI is InChI=1S/C73H70N2Si2/c1-71(2,3)47-24-28-49(29-25-47)74(51-32-38-55(39-33-51)76(7,8)9)53-36-42-59-60-43-37-54(75(50-30-26-48(27-31-50)72(4,5)6)52-34-40-56(41-35-52)77(10,11)12)45-67(60)73(66(59)44-53)65-23-16-15-20-62(65)70-63-22-17-21-61-57-18-13-14-19-58(57)64(69(61)63)46-68(70)73/h13-46H,1-12H3. The van der Waals surface area contributed by atoms with Gasteiger partial charge in [-0.1, -0.05) is 219 Å². The maximum Gasteiger partial charge on any atom is 0.0775 e. The van der Waals surface area contributed by atoms with Crippen LogP contribution in [0.2, 0.25) is 39.3 Å². The average Bonchev–Trinajstić information content (AvgIpc) is 3.95. The maximum absolute atomic E-state index is 2.61. The van der Waals surface area contributed by atoms with Crippen molar-refractivity contribution in [2.24, 2.45) is 0 Å². The molecule has 380 valence electrons. The number of rotatable bonds is 8. The second kappa shape index (κ2) is 17.2. The molecule has 3 aliphatic carbocycles. The van der Waals surface area contributed by atoms with Gasteiger partial charge >= 0.3 is 0 Å². The lowest BCUT2D eigenvalue weighted by Crippen LogP contribution is -2.37. The van der Waals surface area contributed by atoms with Crippen LogP contribution in [0.4, 0.5) is 34.1 Å². The van der Waals surface area contributed by atoms with Crippen LogP contribution in [-0.4, -0.2) is 16.1 Å². The van der Waals surface area contributed by atoms with Gasteiger partial charge in [0.15, 0.2) is 0 Å². The molecular weight excluding hydrogens is 961 g/mol. The van der Waals surface area contributed by atoms with Gasteiger partial charge in [-0.25, -0.2) is 0 Å². The summed E-state index contributed by atoms with van der Waals surface area (Å²) < 4.78 is 0. The first kappa shape index (κ1) is 49.1. The third-order valence-electron chi connectivity index (χ3n) is 17.3. The van der Waals surface area contributed by atoms with E-state index in [-0.39, 0.29) is 10.8 Å². The monoisotopic (exact) mass is 1030 g/mol. The number of hydrogen-bond donors (Lipinski definition) is 0. The van der Waals surface area contributed by atoms with Crippen LogP contribution >= 0.6 is 0 Å². The molecule has 0 fully saturated rings. The second-order valence-corrected chi connectivity index (χ2v) is 36.4. The van der Waals surface area contributed by atoms with Crippen molar-refractivity contribution in [1.29, 1.82) is 0 Å². The molecule has 0 saturated heterocycles. The van der Waals surface area contributed by atoms with E-state index in [1.54, 1.807) is 0 Å². The minimum Gasteiger partial charge on any atom is -0.310 e. The van der Waals surface area contributed by atoms with Gasteiger partial charge in [-0.15, -0.1) is 0 Å². The average molecular weight is 1030 g/mol. The van der Waals surface area contributed by atoms with Crippen LogP contribution in [0, 0.1) is 0 Å². The van der Waals surface area contributed by atoms with Gasteiger partial charge in [0.2, 0.25) is 0 Å². The Morgan fingerprint density at radius 3 is 1.14 bits per heavy atom. The predicted molar refractivity (Wildman–Crippen MR) is 337 cm³/mol. The molecule has 3 aliphatic rings. The first-order chi connectivity index (χ1) is 36.7. The third-order valence-corrected chi connectivity index (χ3v) is 21.4. The van der Waals surface area contributed by atoms with Crippen molar-refractivity contribution in [3.63, 3.8) is 0 Å². The fourth-order valence-electron chi connectivity index (χ4n) is 13.1. The van der Waals surface area contributed by atoms with E-state index in [2.05, 4.69) is 297 Å². The molecule has 77 heavy (non-hydrogen) atoms. The van der Waals surface area contributed by atoms with E-state index in [1.165, 1.54) is 99.0 Å². The summed E-state index contributed by atoms with van der Waals surface area (Å²) in [6.07, 6.45) is 0. The zero-order valence-electron chi connectivity index (χ0n) is 47.0. The highest BCUT2D eigenvalue weighted by Gasteiger charge is 2.53. The van der Waals surface area contributed by atoms with E-state index in [4.69, 9.17) is 0 Å². The number of anilines is 6. The number of fused-ring (bicyclic) bond motifs is 14. The van der Waals surface area contributed by atoms with Gasteiger partial charge in [0.1, 0.15) is 0 Å². The summed E-state index contributed by atoms with van der Waals surface area (Å²) in [5, 5.41) is 5.60. The minimum atomic E-state index is -1.56. The topological polar surface area (TPSA) is 6.48 Å². The number of hydrogen-bond acceptors (Lipinski definition) is 2. The molecule has 0 amide bonds. The molecule has 10 aromatic rings. The molecule has 0 aromatic heterocycles. The first-order valence-electron chi connectivity index (χ1n) is 27.8. The van der Waals surface area contributed by atoms with Gasteiger partial charge in [-0.05, 0) is 178 Å². The Labute approximate surface area is 459 Å². The van der Waals surface area contributed by atoms with Crippen molar-refractivity contribution >= 4 is 71.4 Å². The third kappa shape index (κ3) is 7.69. The van der Waals surface area contributed by atoms with Crippen molar-refractivity contribution in [1.82, 2.24) is 0 Å². The van der Waals surface area contributed by atoms with Crippen LogP contribution in [0.5, 0.6) is 0 Å². The molecule has 4 heteroatoms. The van der Waals surface area contributed by atoms with Crippen molar-refractivity contribution in [2.45, 2.75) is 97.1 Å². The summed E-state index contributed by atoms with van der Waals surface area (Å²) in [5.41, 5.74) is 24.8. The van der Waals surface area contributed by atoms with Crippen LogP contribution in [0.25, 0.3) is 55.3 Å². The summed E-state index contributed by atoms with van der Waals surface area (Å²) in [6.45, 7) is 28.4. The molecule has 0 bridgehead atoms. The van der Waals surface area contributed by atoms with E-state index in [0.29, 0.717) is 0 Å². The molecule has 13 rings (SSSR count). The van der Waals surface area contributed by atoms with E-state index in [0.717, 1.165) is 34.1 Å². The smallest absolute Gasteiger partial charge is 0.0775 e. The fraction of sp³-hybridized carbons (Fsp3) is 0.205. The summed E-state index contributed by atoms with van der Waals surface area (Å²) in [7, 11) is -3.12. The van der Waals surface area contributed by atoms with E-state index >= 15 is 0 Å². The summed E-state index contributed by atoms with van der Waals surface area (Å²) in [4.78, 5) is 5.00. The lowest BCUT2D eigenvalue weighted by atomic mass is 9.70. The highest BCUT2D eigenvalue weighted by atomic mass is 28.3. The van der Waals surface area contributed by atoms with Gasteiger partial charge in [-0.3, -0.25) is 0 Å². The maximum atomic E-state index is 2.61. The molecule has 0 saturated carbocycles. The summed E-state index contributed by atoms with van der Waals surface area (Å²) >= 11 is 0. The molecule has 0 unspecified atom stereocenters. The van der Waals surface area contributed by atoms with Crippen LogP contribution in [0.15, 0.2) is 206 Å². The van der Waals surface area contributed by atoms with Crippen LogP contribution in [0.1, 0.15) is 74.9 Å². The molecule has 0 atom stereocenters. The lowest BCUT2D eigenvalue weighted by Gasteiger charge is -2.34. The summed E-state index contributed by atoms with van der Waals surface area (Å²) in [6, 6.07) is 80.5. The Hall–Kier alpha value is -7.51. The largest absolute Gasteiger partial charge is 0.310 e. The zero-order chi connectivity index (χ0) is 53.6. The van der Waals surface area contributed by atoms with E-state index < -0.39 is 21.6 Å². The molecule has 0 aliphatic heterocycles. The lowest BCUT2D eigenvalue weighted by molar-refractivity contribution is 0.590. The van der Waals surface area contributed by atoms with E-state index in [9.17, 15) is 0 Å². The Kier molecular flexibility index (Phi) is 11.0. The Balaban J connectivity index is 1.10. The van der Waals surface area contributed by atoms with E-state index in [1.807, 2.05) is 0 Å². The van der Waals surface area contributed by atoms with Gasteiger partial charge in [-0.2, -0.15) is 0 Å². The fourth-order valence-corrected chi connectivity index (χ4v) is 15.5.